The summed E-state index contributed by atoms with van der Waals surface area (Å²) in [5.41, 5.74) is -0.126. The summed E-state index contributed by atoms with van der Waals surface area (Å²) in [4.78, 5) is 23.9. The molecule has 0 fully saturated rings. The van der Waals surface area contributed by atoms with Gasteiger partial charge in [0.25, 0.3) is 0 Å². The lowest BCUT2D eigenvalue weighted by molar-refractivity contribution is -0.141. The summed E-state index contributed by atoms with van der Waals surface area (Å²) in [6.45, 7) is 3.98. The van der Waals surface area contributed by atoms with Crippen LogP contribution < -0.4 is 5.63 Å². The third-order valence-electron chi connectivity index (χ3n) is 3.62. The van der Waals surface area contributed by atoms with Gasteiger partial charge in [-0.2, -0.15) is 0 Å². The smallest absolute Gasteiger partial charge is 0.343 e. The maximum absolute atomic E-state index is 12.3. The van der Waals surface area contributed by atoms with Crippen molar-refractivity contribution < 1.29 is 19.1 Å². The van der Waals surface area contributed by atoms with Crippen molar-refractivity contribution in [3.05, 3.63) is 40.2 Å². The Bertz CT molecular complexity index is 729. The normalized spacial score (nSPS) is 12.5. The minimum atomic E-state index is -0.606. The van der Waals surface area contributed by atoms with Gasteiger partial charge in [0, 0.05) is 5.92 Å². The van der Waals surface area contributed by atoms with Gasteiger partial charge in [-0.1, -0.05) is 26.0 Å². The van der Waals surface area contributed by atoms with Gasteiger partial charge in [0.2, 0.25) is 0 Å². The Morgan fingerprint density at radius 3 is 2.64 bits per heavy atom. The largest absolute Gasteiger partial charge is 0.507 e. The minimum Gasteiger partial charge on any atom is -0.507 e. The fraction of sp³-hybridized carbons (Fsp3) is 0.412. The molecule has 2 rings (SSSR count). The molecule has 1 aromatic heterocycles. The number of ether oxygens (including phenoxy) is 1. The van der Waals surface area contributed by atoms with Crippen molar-refractivity contribution in [3.63, 3.8) is 0 Å². The number of fused-ring (bicyclic) bond motifs is 1. The average molecular weight is 304 g/mol. The molecule has 1 heterocycles. The number of hydrogen-bond donors (Lipinski definition) is 1. The molecule has 5 heteroatoms. The Kier molecular flexibility index (Phi) is 4.85. The predicted octanol–water partition coefficient (Wildman–Crippen LogP) is 3.19. The first-order chi connectivity index (χ1) is 10.4. The second-order valence-corrected chi connectivity index (χ2v) is 5.75. The molecule has 1 N–H and O–H groups in total. The summed E-state index contributed by atoms with van der Waals surface area (Å²) < 4.78 is 9.98. The maximum Gasteiger partial charge on any atom is 0.343 e. The van der Waals surface area contributed by atoms with Crippen LogP contribution in [0, 0.1) is 5.92 Å². The highest BCUT2D eigenvalue weighted by atomic mass is 16.5. The summed E-state index contributed by atoms with van der Waals surface area (Å²) >= 11 is 0. The number of carbonyl (C=O) groups is 1. The molecule has 2 aromatic rings. The van der Waals surface area contributed by atoms with Gasteiger partial charge in [-0.25, -0.2) is 4.79 Å². The van der Waals surface area contributed by atoms with Crippen LogP contribution in [-0.2, 0) is 9.53 Å². The second kappa shape index (κ2) is 6.64. The van der Waals surface area contributed by atoms with Crippen LogP contribution >= 0.6 is 0 Å². The molecule has 0 spiro atoms. The number of hydrogen-bond acceptors (Lipinski definition) is 5. The molecule has 0 aliphatic rings. The van der Waals surface area contributed by atoms with Crippen LogP contribution in [0.4, 0.5) is 0 Å². The van der Waals surface area contributed by atoms with E-state index in [1.165, 1.54) is 7.11 Å². The zero-order valence-electron chi connectivity index (χ0n) is 13.0. The van der Waals surface area contributed by atoms with Gasteiger partial charge in [0.05, 0.1) is 24.5 Å². The van der Waals surface area contributed by atoms with Crippen molar-refractivity contribution in [1.82, 2.24) is 0 Å². The minimum absolute atomic E-state index is 0.0331. The molecule has 0 aliphatic heterocycles. The molecule has 0 saturated heterocycles. The highest BCUT2D eigenvalue weighted by Gasteiger charge is 2.26. The number of carbonyl (C=O) groups excluding carboxylic acids is 1. The summed E-state index contributed by atoms with van der Waals surface area (Å²) in [6.07, 6.45) is 0.608. The Labute approximate surface area is 128 Å². The molecule has 0 bridgehead atoms. The molecule has 0 radical (unpaired) electrons. The third-order valence-corrected chi connectivity index (χ3v) is 3.62. The lowest BCUT2D eigenvalue weighted by Gasteiger charge is -2.18. The van der Waals surface area contributed by atoms with Crippen LogP contribution in [0.2, 0.25) is 0 Å². The monoisotopic (exact) mass is 304 g/mol. The number of esters is 1. The lowest BCUT2D eigenvalue weighted by atomic mass is 9.87. The first-order valence-corrected chi connectivity index (χ1v) is 7.25. The second-order valence-electron chi connectivity index (χ2n) is 5.75. The number of rotatable bonds is 5. The SMILES string of the molecule is COC(=O)CC(CC(C)C)c1c(O)c2ccccc2oc1=O. The van der Waals surface area contributed by atoms with E-state index in [1.54, 1.807) is 24.3 Å². The molecule has 118 valence electrons. The van der Waals surface area contributed by atoms with Gasteiger partial charge in [-0.15, -0.1) is 0 Å². The fourth-order valence-electron chi connectivity index (χ4n) is 2.66. The molecular formula is C17H20O5. The van der Waals surface area contributed by atoms with Crippen LogP contribution in [0.1, 0.15) is 38.2 Å². The Hall–Kier alpha value is -2.30. The van der Waals surface area contributed by atoms with E-state index in [0.29, 0.717) is 17.4 Å². The molecule has 1 atom stereocenters. The van der Waals surface area contributed by atoms with E-state index in [0.717, 1.165) is 0 Å². The summed E-state index contributed by atoms with van der Waals surface area (Å²) in [5, 5.41) is 11.0. The van der Waals surface area contributed by atoms with Crippen molar-refractivity contribution in [2.75, 3.05) is 7.11 Å². The number of benzene rings is 1. The van der Waals surface area contributed by atoms with Gasteiger partial charge in [-0.05, 0) is 24.5 Å². The Morgan fingerprint density at radius 1 is 1.32 bits per heavy atom. The number of aromatic hydroxyl groups is 1. The van der Waals surface area contributed by atoms with E-state index < -0.39 is 17.5 Å². The van der Waals surface area contributed by atoms with Crippen molar-refractivity contribution in [2.24, 2.45) is 5.92 Å². The topological polar surface area (TPSA) is 76.7 Å². The van der Waals surface area contributed by atoms with Gasteiger partial charge in [-0.3, -0.25) is 4.79 Å². The third kappa shape index (κ3) is 3.30. The quantitative estimate of drug-likeness (QED) is 0.678. The standard InChI is InChI=1S/C17H20O5/c1-10(2)8-11(9-14(18)21-3)15-16(19)12-6-4-5-7-13(12)22-17(15)20/h4-7,10-11,19H,8-9H2,1-3H3. The Morgan fingerprint density at radius 2 is 2.00 bits per heavy atom. The van der Waals surface area contributed by atoms with E-state index in [-0.39, 0.29) is 23.7 Å². The summed E-state index contributed by atoms with van der Waals surface area (Å²) in [5.74, 6) is -0.716. The molecule has 1 aromatic carbocycles. The lowest BCUT2D eigenvalue weighted by Crippen LogP contribution is -2.18. The zero-order valence-corrected chi connectivity index (χ0v) is 13.0. The van der Waals surface area contributed by atoms with Crippen LogP contribution in [0.3, 0.4) is 0 Å². The van der Waals surface area contributed by atoms with Crippen molar-refractivity contribution in [2.45, 2.75) is 32.6 Å². The Balaban J connectivity index is 2.57. The molecule has 0 aliphatic carbocycles. The zero-order chi connectivity index (χ0) is 16.3. The van der Waals surface area contributed by atoms with E-state index in [2.05, 4.69) is 0 Å². The average Bonchev–Trinajstić information content (AvgIpc) is 2.46. The van der Waals surface area contributed by atoms with Crippen LogP contribution in [0.25, 0.3) is 11.0 Å². The first kappa shape index (κ1) is 16.1. The van der Waals surface area contributed by atoms with Gasteiger partial charge >= 0.3 is 11.6 Å². The molecule has 0 amide bonds. The highest BCUT2D eigenvalue weighted by molar-refractivity contribution is 5.84. The predicted molar refractivity (Wildman–Crippen MR) is 83.0 cm³/mol. The van der Waals surface area contributed by atoms with E-state index >= 15 is 0 Å². The van der Waals surface area contributed by atoms with E-state index in [9.17, 15) is 14.7 Å². The first-order valence-electron chi connectivity index (χ1n) is 7.25. The number of methoxy groups -OCH3 is 1. The van der Waals surface area contributed by atoms with Gasteiger partial charge < -0.3 is 14.3 Å². The molecular weight excluding hydrogens is 284 g/mol. The van der Waals surface area contributed by atoms with Crippen molar-refractivity contribution >= 4 is 16.9 Å². The molecule has 1 unspecified atom stereocenters. The summed E-state index contributed by atoms with van der Waals surface area (Å²) in [6, 6.07) is 6.79. The fourth-order valence-corrected chi connectivity index (χ4v) is 2.66. The van der Waals surface area contributed by atoms with Gasteiger partial charge in [0.15, 0.2) is 0 Å². The highest BCUT2D eigenvalue weighted by Crippen LogP contribution is 2.35. The van der Waals surface area contributed by atoms with Crippen LogP contribution in [0.5, 0.6) is 5.75 Å². The van der Waals surface area contributed by atoms with Crippen molar-refractivity contribution in [1.29, 1.82) is 0 Å². The molecule has 5 nitrogen and oxygen atoms in total. The molecule has 0 saturated carbocycles. The van der Waals surface area contributed by atoms with Crippen molar-refractivity contribution in [3.8, 4) is 5.75 Å². The summed E-state index contributed by atoms with van der Waals surface area (Å²) in [7, 11) is 1.30. The maximum atomic E-state index is 12.3. The van der Waals surface area contributed by atoms with E-state index in [1.807, 2.05) is 13.8 Å². The van der Waals surface area contributed by atoms with E-state index in [4.69, 9.17) is 9.15 Å². The van der Waals surface area contributed by atoms with Gasteiger partial charge in [0.1, 0.15) is 11.3 Å². The number of para-hydroxylation sites is 1. The van der Waals surface area contributed by atoms with Crippen LogP contribution in [0.15, 0.2) is 33.5 Å². The van der Waals surface area contributed by atoms with Crippen LogP contribution in [-0.4, -0.2) is 18.2 Å². The molecule has 22 heavy (non-hydrogen) atoms.